The van der Waals surface area contributed by atoms with Gasteiger partial charge in [-0.2, -0.15) is 5.26 Å². The van der Waals surface area contributed by atoms with Gasteiger partial charge in [0.05, 0.1) is 34.1 Å². The van der Waals surface area contributed by atoms with Gasteiger partial charge in [0.1, 0.15) is 6.07 Å². The van der Waals surface area contributed by atoms with E-state index in [1.807, 2.05) is 12.1 Å². The molecule has 3 rings (SSSR count). The van der Waals surface area contributed by atoms with Crippen LogP contribution in [0.15, 0.2) is 58.3 Å². The molecule has 1 aliphatic heterocycles. The van der Waals surface area contributed by atoms with E-state index in [1.54, 1.807) is 36.4 Å². The van der Waals surface area contributed by atoms with E-state index >= 15 is 0 Å². The average Bonchev–Trinajstić information content (AvgIpc) is 2.87. The average molecular weight is 407 g/mol. The highest BCUT2D eigenvalue weighted by atomic mass is 35.5. The summed E-state index contributed by atoms with van der Waals surface area (Å²) in [7, 11) is -3.23. The molecule has 0 bridgehead atoms. The van der Waals surface area contributed by atoms with E-state index in [0.29, 0.717) is 16.0 Å². The molecule has 0 radical (unpaired) electrons. The monoisotopic (exact) mass is 406 g/mol. The number of benzene rings is 2. The van der Waals surface area contributed by atoms with Crippen molar-refractivity contribution < 1.29 is 13.2 Å². The lowest BCUT2D eigenvalue weighted by Gasteiger charge is -2.16. The van der Waals surface area contributed by atoms with E-state index in [4.69, 9.17) is 11.6 Å². The summed E-state index contributed by atoms with van der Waals surface area (Å²) in [4.78, 5) is 14.1. The zero-order valence-corrected chi connectivity index (χ0v) is 15.9. The number of hydrogen-bond donors (Lipinski definition) is 1. The quantitative estimate of drug-likeness (QED) is 0.789. The first-order valence-corrected chi connectivity index (χ1v) is 10.9. The summed E-state index contributed by atoms with van der Waals surface area (Å²) in [6.07, 6.45) is 0. The van der Waals surface area contributed by atoms with Crippen LogP contribution >= 0.6 is 23.4 Å². The lowest BCUT2D eigenvalue weighted by Crippen LogP contribution is -2.40. The molecule has 1 aliphatic rings. The minimum atomic E-state index is -3.23. The molecule has 8 heteroatoms. The van der Waals surface area contributed by atoms with Crippen LogP contribution in [0, 0.1) is 11.3 Å². The number of nitrogens with one attached hydrogen (secondary N) is 1. The van der Waals surface area contributed by atoms with Crippen molar-refractivity contribution in [1.82, 2.24) is 5.32 Å². The SMILES string of the molecule is N#Cc1ccccc1Sc1ccccc1C(=O)N[C@H]1CS(=O)(=O)C[C@@H]1Cl. The molecule has 1 fully saturated rings. The van der Waals surface area contributed by atoms with Crippen molar-refractivity contribution >= 4 is 39.1 Å². The molecule has 1 heterocycles. The second-order valence-electron chi connectivity index (χ2n) is 5.88. The Bertz CT molecular complexity index is 986. The molecule has 2 aromatic carbocycles. The van der Waals surface area contributed by atoms with Gasteiger partial charge in [0.2, 0.25) is 0 Å². The maximum Gasteiger partial charge on any atom is 0.252 e. The van der Waals surface area contributed by atoms with Gasteiger partial charge in [0.25, 0.3) is 5.91 Å². The molecule has 1 saturated heterocycles. The minimum absolute atomic E-state index is 0.133. The van der Waals surface area contributed by atoms with Crippen LogP contribution < -0.4 is 5.32 Å². The van der Waals surface area contributed by atoms with Crippen molar-refractivity contribution in [2.24, 2.45) is 0 Å². The highest BCUT2D eigenvalue weighted by Gasteiger charge is 2.37. The number of carbonyl (C=O) groups is 1. The van der Waals surface area contributed by atoms with Crippen molar-refractivity contribution in [3.63, 3.8) is 0 Å². The fourth-order valence-electron chi connectivity index (χ4n) is 2.69. The maximum absolute atomic E-state index is 12.7. The van der Waals surface area contributed by atoms with Crippen LogP contribution in [-0.2, 0) is 9.84 Å². The Kier molecular flexibility index (Phi) is 5.56. The van der Waals surface area contributed by atoms with Gasteiger partial charge in [-0.25, -0.2) is 8.42 Å². The third-order valence-corrected chi connectivity index (χ3v) is 7.49. The fraction of sp³-hybridized carbons (Fsp3) is 0.222. The molecule has 2 aromatic rings. The number of sulfone groups is 1. The van der Waals surface area contributed by atoms with Gasteiger partial charge >= 0.3 is 0 Å². The van der Waals surface area contributed by atoms with Gasteiger partial charge in [-0.15, -0.1) is 11.6 Å². The molecule has 26 heavy (non-hydrogen) atoms. The smallest absolute Gasteiger partial charge is 0.252 e. The summed E-state index contributed by atoms with van der Waals surface area (Å²) in [6.45, 7) is 0. The summed E-state index contributed by atoms with van der Waals surface area (Å²) < 4.78 is 23.4. The number of nitrogens with zero attached hydrogens (tertiary/aromatic N) is 1. The topological polar surface area (TPSA) is 87.0 Å². The molecular weight excluding hydrogens is 392 g/mol. The number of halogens is 1. The van der Waals surface area contributed by atoms with E-state index in [-0.39, 0.29) is 17.4 Å². The second-order valence-corrected chi connectivity index (χ2v) is 9.68. The van der Waals surface area contributed by atoms with E-state index in [2.05, 4.69) is 11.4 Å². The summed E-state index contributed by atoms with van der Waals surface area (Å²) in [5.41, 5.74) is 0.939. The van der Waals surface area contributed by atoms with E-state index < -0.39 is 21.3 Å². The fourth-order valence-corrected chi connectivity index (χ4v) is 6.27. The number of carbonyl (C=O) groups excluding carboxylic acids is 1. The Morgan fingerprint density at radius 3 is 2.42 bits per heavy atom. The minimum Gasteiger partial charge on any atom is -0.347 e. The van der Waals surface area contributed by atoms with E-state index in [0.717, 1.165) is 4.90 Å². The molecule has 0 saturated carbocycles. The lowest BCUT2D eigenvalue weighted by molar-refractivity contribution is 0.0938. The van der Waals surface area contributed by atoms with Gasteiger partial charge in [-0.1, -0.05) is 36.0 Å². The Morgan fingerprint density at radius 1 is 1.12 bits per heavy atom. The van der Waals surface area contributed by atoms with Gasteiger partial charge in [-0.3, -0.25) is 4.79 Å². The van der Waals surface area contributed by atoms with E-state index in [9.17, 15) is 18.5 Å². The zero-order valence-electron chi connectivity index (χ0n) is 13.6. The van der Waals surface area contributed by atoms with Crippen LogP contribution in [0.2, 0.25) is 0 Å². The number of hydrogen-bond acceptors (Lipinski definition) is 5. The van der Waals surface area contributed by atoms with Crippen LogP contribution in [0.1, 0.15) is 15.9 Å². The summed E-state index contributed by atoms with van der Waals surface area (Å²) in [5.74, 6) is -0.666. The molecule has 2 atom stereocenters. The molecule has 5 nitrogen and oxygen atoms in total. The zero-order chi connectivity index (χ0) is 18.7. The highest BCUT2D eigenvalue weighted by molar-refractivity contribution is 7.99. The van der Waals surface area contributed by atoms with Crippen molar-refractivity contribution in [3.8, 4) is 6.07 Å². The van der Waals surface area contributed by atoms with Crippen LogP contribution in [0.25, 0.3) is 0 Å². The molecule has 0 spiro atoms. The number of rotatable bonds is 4. The van der Waals surface area contributed by atoms with Crippen LogP contribution in [0.3, 0.4) is 0 Å². The van der Waals surface area contributed by atoms with Gasteiger partial charge < -0.3 is 5.32 Å². The summed E-state index contributed by atoms with van der Waals surface area (Å²) in [5, 5.41) is 11.3. The number of alkyl halides is 1. The molecule has 0 aromatic heterocycles. The van der Waals surface area contributed by atoms with Crippen LogP contribution in [0.5, 0.6) is 0 Å². The van der Waals surface area contributed by atoms with Crippen molar-refractivity contribution in [3.05, 3.63) is 59.7 Å². The molecule has 134 valence electrons. The molecular formula is C18H15ClN2O3S2. The van der Waals surface area contributed by atoms with Crippen molar-refractivity contribution in [1.29, 1.82) is 5.26 Å². The van der Waals surface area contributed by atoms with Crippen molar-refractivity contribution in [2.75, 3.05) is 11.5 Å². The third-order valence-electron chi connectivity index (χ3n) is 3.96. The number of amides is 1. The van der Waals surface area contributed by atoms with Gasteiger partial charge in [0.15, 0.2) is 9.84 Å². The highest BCUT2D eigenvalue weighted by Crippen LogP contribution is 2.32. The van der Waals surface area contributed by atoms with Crippen LogP contribution in [0.4, 0.5) is 0 Å². The number of nitriles is 1. The largest absolute Gasteiger partial charge is 0.347 e. The maximum atomic E-state index is 12.7. The van der Waals surface area contributed by atoms with Gasteiger partial charge in [-0.05, 0) is 24.3 Å². The second kappa shape index (κ2) is 7.70. The van der Waals surface area contributed by atoms with Crippen LogP contribution in [-0.4, -0.2) is 37.2 Å². The third kappa shape index (κ3) is 4.21. The Hall–Kier alpha value is -2.01. The Labute approximate surface area is 161 Å². The first-order chi connectivity index (χ1) is 12.4. The Balaban J connectivity index is 1.83. The standard InChI is InChI=1S/C18H15ClN2O3S2/c19-14-10-26(23,24)11-15(14)21-18(22)13-6-2-4-8-17(13)25-16-7-3-1-5-12(16)9-20/h1-8,14-15H,10-11H2,(H,21,22)/t14-,15-/m0/s1. The van der Waals surface area contributed by atoms with Gasteiger partial charge in [0, 0.05) is 9.79 Å². The van der Waals surface area contributed by atoms with E-state index in [1.165, 1.54) is 11.8 Å². The van der Waals surface area contributed by atoms with Crippen molar-refractivity contribution in [2.45, 2.75) is 21.2 Å². The summed E-state index contributed by atoms with van der Waals surface area (Å²) >= 11 is 7.39. The molecule has 0 aliphatic carbocycles. The predicted molar refractivity (Wildman–Crippen MR) is 101 cm³/mol. The summed E-state index contributed by atoms with van der Waals surface area (Å²) in [6, 6.07) is 15.7. The molecule has 1 N–H and O–H groups in total. The normalized spacial score (nSPS) is 21.1. The molecule has 1 amide bonds. The first-order valence-electron chi connectivity index (χ1n) is 7.81. The predicted octanol–water partition coefficient (Wildman–Crippen LogP) is 2.84. The lowest BCUT2D eigenvalue weighted by atomic mass is 10.2. The molecule has 0 unspecified atom stereocenters. The first kappa shape index (κ1) is 18.8. The Morgan fingerprint density at radius 2 is 1.77 bits per heavy atom.